The number of fused-ring (bicyclic) bond motifs is 1. The van der Waals surface area contributed by atoms with Gasteiger partial charge in [-0.05, 0) is 49.7 Å². The highest BCUT2D eigenvalue weighted by Gasteiger charge is 2.15. The zero-order chi connectivity index (χ0) is 24.6. The summed E-state index contributed by atoms with van der Waals surface area (Å²) in [6.45, 7) is 9.00. The average Bonchev–Trinajstić information content (AvgIpc) is 3.31. The molecular formula is C26H36N2O4S. The van der Waals surface area contributed by atoms with Crippen LogP contribution in [0.1, 0.15) is 32.8 Å². The number of amides is 1. The summed E-state index contributed by atoms with van der Waals surface area (Å²) < 4.78 is 10.2. The van der Waals surface area contributed by atoms with Crippen LogP contribution in [0.25, 0.3) is 5.57 Å². The first-order chi connectivity index (χ1) is 16.0. The van der Waals surface area contributed by atoms with Gasteiger partial charge in [-0.1, -0.05) is 49.8 Å². The lowest BCUT2D eigenvalue weighted by Crippen LogP contribution is -2.26. The van der Waals surface area contributed by atoms with E-state index in [1.54, 1.807) is 7.05 Å². The summed E-state index contributed by atoms with van der Waals surface area (Å²) in [6.07, 6.45) is 2.42. The van der Waals surface area contributed by atoms with Crippen LogP contribution in [0.15, 0.2) is 59.0 Å². The zero-order valence-corrected chi connectivity index (χ0v) is 21.2. The molecule has 7 heteroatoms. The molecule has 0 aliphatic carbocycles. The van der Waals surface area contributed by atoms with Crippen LogP contribution >= 0.6 is 12.6 Å². The summed E-state index contributed by atoms with van der Waals surface area (Å²) in [4.78, 5) is 23.9. The number of carbonyl (C=O) groups is 2. The second kappa shape index (κ2) is 15.9. The smallest absolute Gasteiger partial charge is 0.231 e. The van der Waals surface area contributed by atoms with E-state index in [9.17, 15) is 9.59 Å². The van der Waals surface area contributed by atoms with Gasteiger partial charge >= 0.3 is 0 Å². The number of aldehydes is 1. The number of benzene rings is 2. The molecule has 4 rings (SSSR count). The van der Waals surface area contributed by atoms with E-state index in [0.29, 0.717) is 19.5 Å². The molecule has 33 heavy (non-hydrogen) atoms. The lowest BCUT2D eigenvalue weighted by Gasteiger charge is -2.26. The van der Waals surface area contributed by atoms with E-state index in [1.807, 2.05) is 44.2 Å². The second-order valence-electron chi connectivity index (χ2n) is 7.33. The molecular weight excluding hydrogens is 436 g/mol. The molecule has 180 valence electrons. The van der Waals surface area contributed by atoms with E-state index in [1.165, 1.54) is 21.6 Å². The van der Waals surface area contributed by atoms with Gasteiger partial charge < -0.3 is 24.1 Å². The van der Waals surface area contributed by atoms with Gasteiger partial charge in [-0.3, -0.25) is 4.79 Å². The SMILES string of the molecule is CC.CC1=C(c2ccccc2S)CCN(C)C1.CN(C=O)CC=O.c1ccc2c(c1)OCO2. The number of carbonyl (C=O) groups excluding carboxylic acids is 2. The van der Waals surface area contributed by atoms with E-state index in [0.717, 1.165) is 35.9 Å². The Bertz CT molecular complexity index is 878. The Hall–Kier alpha value is -2.77. The van der Waals surface area contributed by atoms with Crippen LogP contribution < -0.4 is 9.47 Å². The van der Waals surface area contributed by atoms with Crippen molar-refractivity contribution in [1.29, 1.82) is 0 Å². The van der Waals surface area contributed by atoms with Crippen molar-refractivity contribution in [2.75, 3.05) is 40.5 Å². The van der Waals surface area contributed by atoms with Crippen molar-refractivity contribution < 1.29 is 19.1 Å². The molecule has 1 amide bonds. The molecule has 0 spiro atoms. The molecule has 0 saturated carbocycles. The van der Waals surface area contributed by atoms with Crippen LogP contribution in [-0.4, -0.2) is 63.0 Å². The molecule has 6 nitrogen and oxygen atoms in total. The van der Waals surface area contributed by atoms with Gasteiger partial charge in [0.25, 0.3) is 0 Å². The minimum atomic E-state index is 0.184. The maximum atomic E-state index is 9.66. The largest absolute Gasteiger partial charge is 0.454 e. The Morgan fingerprint density at radius 3 is 2.09 bits per heavy atom. The van der Waals surface area contributed by atoms with Crippen molar-refractivity contribution in [2.45, 2.75) is 32.1 Å². The number of para-hydroxylation sites is 2. The molecule has 2 aromatic carbocycles. The fourth-order valence-corrected chi connectivity index (χ4v) is 3.49. The van der Waals surface area contributed by atoms with Gasteiger partial charge in [0, 0.05) is 25.0 Å². The molecule has 0 unspecified atom stereocenters. The monoisotopic (exact) mass is 472 g/mol. The molecule has 0 atom stereocenters. The maximum absolute atomic E-state index is 9.66. The minimum absolute atomic E-state index is 0.184. The van der Waals surface area contributed by atoms with Crippen molar-refractivity contribution in [3.63, 3.8) is 0 Å². The van der Waals surface area contributed by atoms with E-state index < -0.39 is 0 Å². The third kappa shape index (κ3) is 9.72. The van der Waals surface area contributed by atoms with Crippen LogP contribution in [0.4, 0.5) is 0 Å². The highest BCUT2D eigenvalue weighted by atomic mass is 32.1. The number of likely N-dealkylation sites (N-methyl/N-ethyl adjacent to an activating group) is 2. The Morgan fingerprint density at radius 2 is 1.61 bits per heavy atom. The number of hydrogen-bond acceptors (Lipinski definition) is 6. The van der Waals surface area contributed by atoms with Gasteiger partial charge in [0.1, 0.15) is 6.29 Å². The summed E-state index contributed by atoms with van der Waals surface area (Å²) in [7, 11) is 3.72. The molecule has 2 aromatic rings. The summed E-state index contributed by atoms with van der Waals surface area (Å²) in [6, 6.07) is 16.0. The van der Waals surface area contributed by atoms with Crippen LogP contribution in [0.2, 0.25) is 0 Å². The third-order valence-corrected chi connectivity index (χ3v) is 5.21. The Kier molecular flexibility index (Phi) is 13.7. The Balaban J connectivity index is 0.000000259. The predicted molar refractivity (Wildman–Crippen MR) is 137 cm³/mol. The zero-order valence-electron chi connectivity index (χ0n) is 20.3. The molecule has 0 bridgehead atoms. The van der Waals surface area contributed by atoms with Crippen molar-refractivity contribution in [2.24, 2.45) is 0 Å². The number of thiol groups is 1. The molecule has 0 fully saturated rings. The van der Waals surface area contributed by atoms with Gasteiger partial charge in [0.15, 0.2) is 11.5 Å². The third-order valence-electron chi connectivity index (χ3n) is 4.82. The van der Waals surface area contributed by atoms with Gasteiger partial charge in [-0.15, -0.1) is 12.6 Å². The van der Waals surface area contributed by atoms with Gasteiger partial charge in [-0.2, -0.15) is 0 Å². The minimum Gasteiger partial charge on any atom is -0.454 e. The van der Waals surface area contributed by atoms with Crippen molar-refractivity contribution >= 4 is 30.9 Å². The van der Waals surface area contributed by atoms with E-state index >= 15 is 0 Å². The van der Waals surface area contributed by atoms with Gasteiger partial charge in [-0.25, -0.2) is 0 Å². The second-order valence-corrected chi connectivity index (χ2v) is 7.81. The molecule has 0 radical (unpaired) electrons. The van der Waals surface area contributed by atoms with E-state index in [-0.39, 0.29) is 6.54 Å². The average molecular weight is 473 g/mol. The first-order valence-corrected chi connectivity index (χ1v) is 11.5. The van der Waals surface area contributed by atoms with Crippen LogP contribution in [-0.2, 0) is 9.59 Å². The molecule has 2 aliphatic rings. The number of hydrogen-bond donors (Lipinski definition) is 1. The topological polar surface area (TPSA) is 59.1 Å². The van der Waals surface area contributed by atoms with Crippen LogP contribution in [0, 0.1) is 0 Å². The molecule has 2 heterocycles. The molecule has 0 aromatic heterocycles. The standard InChI is InChI=1S/C13H17NS.C7H6O2.C4H7NO2.C2H6/c1-10-9-14(2)8-7-11(10)12-5-3-4-6-13(12)15;1-2-4-7-6(3-1)8-5-9-7;1-5(4-7)2-3-6;1-2/h3-6,15H,7-9H2,1-2H3;1-4H,5H2;3-4H,2H2,1H3;1-2H3. The first-order valence-electron chi connectivity index (χ1n) is 11.1. The fourth-order valence-electron chi connectivity index (χ4n) is 3.19. The number of rotatable bonds is 4. The number of ether oxygens (including phenoxy) is 2. The Labute approximate surface area is 203 Å². The van der Waals surface area contributed by atoms with Gasteiger partial charge in [0.05, 0.1) is 6.54 Å². The van der Waals surface area contributed by atoms with Crippen LogP contribution in [0.3, 0.4) is 0 Å². The van der Waals surface area contributed by atoms with E-state index in [4.69, 9.17) is 9.47 Å². The lowest BCUT2D eigenvalue weighted by atomic mass is 9.94. The molecule has 0 N–H and O–H groups in total. The van der Waals surface area contributed by atoms with Gasteiger partial charge in [0.2, 0.25) is 13.2 Å². The molecule has 0 saturated heterocycles. The summed E-state index contributed by atoms with van der Waals surface area (Å²) in [5, 5.41) is 0. The van der Waals surface area contributed by atoms with Crippen molar-refractivity contribution in [1.82, 2.24) is 9.80 Å². The first kappa shape index (κ1) is 28.3. The highest BCUT2D eigenvalue weighted by Crippen LogP contribution is 2.31. The van der Waals surface area contributed by atoms with Crippen LogP contribution in [0.5, 0.6) is 11.5 Å². The van der Waals surface area contributed by atoms with E-state index in [2.05, 4.69) is 49.7 Å². The summed E-state index contributed by atoms with van der Waals surface area (Å²) >= 11 is 4.52. The Morgan fingerprint density at radius 1 is 1.03 bits per heavy atom. The van der Waals surface area contributed by atoms with Crippen molar-refractivity contribution in [3.8, 4) is 11.5 Å². The number of nitrogens with zero attached hydrogens (tertiary/aromatic N) is 2. The highest BCUT2D eigenvalue weighted by molar-refractivity contribution is 7.80. The fraction of sp³-hybridized carbons (Fsp3) is 0.385. The summed E-state index contributed by atoms with van der Waals surface area (Å²) in [5.41, 5.74) is 4.27. The van der Waals surface area contributed by atoms with Crippen molar-refractivity contribution in [3.05, 3.63) is 59.7 Å². The summed E-state index contributed by atoms with van der Waals surface area (Å²) in [5.74, 6) is 1.69. The maximum Gasteiger partial charge on any atom is 0.231 e. The normalized spacial score (nSPS) is 13.9. The predicted octanol–water partition coefficient (Wildman–Crippen LogP) is 4.80. The quantitative estimate of drug-likeness (QED) is 0.512. The lowest BCUT2D eigenvalue weighted by molar-refractivity contribution is -0.120. The molecule has 2 aliphatic heterocycles.